The Kier molecular flexibility index (Phi) is 6.17. The summed E-state index contributed by atoms with van der Waals surface area (Å²) in [6, 6.07) is 3.77. The number of carbonyl (C=O) groups excluding carboxylic acids is 1. The van der Waals surface area contributed by atoms with Gasteiger partial charge in [-0.1, -0.05) is 11.6 Å². The number of nitrogens with one attached hydrogen (secondary N) is 2. The van der Waals surface area contributed by atoms with Gasteiger partial charge in [0.1, 0.15) is 13.2 Å². The molecule has 2 N–H and O–H groups in total. The molecule has 122 valence electrons. The van der Waals surface area contributed by atoms with Crippen molar-refractivity contribution in [3.05, 3.63) is 22.7 Å². The summed E-state index contributed by atoms with van der Waals surface area (Å²) in [7, 11) is 0. The smallest absolute Gasteiger partial charge is 0.237 e. The summed E-state index contributed by atoms with van der Waals surface area (Å²) in [5.74, 6) is 1.38. The van der Waals surface area contributed by atoms with Gasteiger partial charge in [-0.2, -0.15) is 0 Å². The van der Waals surface area contributed by atoms with E-state index in [0.29, 0.717) is 36.3 Å². The third-order valence-corrected chi connectivity index (χ3v) is 4.03. The molecular formula is C15H20Cl2N2O3. The highest BCUT2D eigenvalue weighted by Gasteiger charge is 2.21. The largest absolute Gasteiger partial charge is 0.486 e. The van der Waals surface area contributed by atoms with Crippen LogP contribution in [0, 0.1) is 0 Å². The number of benzene rings is 1. The van der Waals surface area contributed by atoms with Crippen LogP contribution in [0.15, 0.2) is 12.1 Å². The van der Waals surface area contributed by atoms with Crippen LogP contribution in [0.3, 0.4) is 0 Å². The summed E-state index contributed by atoms with van der Waals surface area (Å²) < 4.78 is 11.0. The Labute approximate surface area is 141 Å². The lowest BCUT2D eigenvalue weighted by Crippen LogP contribution is -2.41. The van der Waals surface area contributed by atoms with E-state index in [1.54, 1.807) is 0 Å². The highest BCUT2D eigenvalue weighted by Crippen LogP contribution is 2.38. The quantitative estimate of drug-likeness (QED) is 0.874. The standard InChI is InChI=1S/C15H19ClN2O3.ClH/c16-11-8-10(9-13-14(11)21-7-6-20-13)3-5-18-15(19)12-2-1-4-17-12;/h8-9,12,17H,1-7H2,(H,18,19);1H. The van der Waals surface area contributed by atoms with Crippen LogP contribution in [0.5, 0.6) is 11.5 Å². The lowest BCUT2D eigenvalue weighted by Gasteiger charge is -2.20. The minimum absolute atomic E-state index is 0. The molecule has 22 heavy (non-hydrogen) atoms. The number of hydrogen-bond donors (Lipinski definition) is 2. The maximum Gasteiger partial charge on any atom is 0.237 e. The molecule has 2 heterocycles. The van der Waals surface area contributed by atoms with Gasteiger partial charge < -0.3 is 20.1 Å². The van der Waals surface area contributed by atoms with Gasteiger partial charge >= 0.3 is 0 Å². The zero-order valence-electron chi connectivity index (χ0n) is 12.2. The Hall–Kier alpha value is -1.17. The molecule has 1 amide bonds. The lowest BCUT2D eigenvalue weighted by atomic mass is 10.1. The van der Waals surface area contributed by atoms with Crippen LogP contribution in [-0.2, 0) is 11.2 Å². The molecule has 2 aliphatic heterocycles. The van der Waals surface area contributed by atoms with E-state index in [0.717, 1.165) is 31.4 Å². The van der Waals surface area contributed by atoms with E-state index in [1.165, 1.54) is 0 Å². The normalized spacial score (nSPS) is 19.4. The van der Waals surface area contributed by atoms with E-state index in [9.17, 15) is 4.79 Å². The Morgan fingerprint density at radius 3 is 2.95 bits per heavy atom. The van der Waals surface area contributed by atoms with Crippen molar-refractivity contribution in [1.29, 1.82) is 0 Å². The molecule has 0 spiro atoms. The zero-order chi connectivity index (χ0) is 14.7. The van der Waals surface area contributed by atoms with Crippen LogP contribution >= 0.6 is 24.0 Å². The molecule has 1 atom stereocenters. The predicted molar refractivity (Wildman–Crippen MR) is 87.4 cm³/mol. The van der Waals surface area contributed by atoms with Gasteiger partial charge in [-0.05, 0) is 43.5 Å². The first kappa shape index (κ1) is 17.2. The number of ether oxygens (including phenoxy) is 2. The summed E-state index contributed by atoms with van der Waals surface area (Å²) in [6.45, 7) is 2.58. The average molecular weight is 347 g/mol. The van der Waals surface area contributed by atoms with Crippen molar-refractivity contribution in [2.45, 2.75) is 25.3 Å². The molecule has 0 bridgehead atoms. The second-order valence-corrected chi connectivity index (χ2v) is 5.70. The first-order valence-electron chi connectivity index (χ1n) is 7.33. The Morgan fingerprint density at radius 2 is 2.18 bits per heavy atom. The van der Waals surface area contributed by atoms with Crippen LogP contribution in [0.1, 0.15) is 18.4 Å². The number of rotatable bonds is 4. The molecule has 1 aromatic carbocycles. The second kappa shape index (κ2) is 7.90. The van der Waals surface area contributed by atoms with E-state index in [4.69, 9.17) is 21.1 Å². The van der Waals surface area contributed by atoms with E-state index >= 15 is 0 Å². The topological polar surface area (TPSA) is 59.6 Å². The third kappa shape index (κ3) is 3.97. The summed E-state index contributed by atoms with van der Waals surface area (Å²) in [5, 5.41) is 6.70. The van der Waals surface area contributed by atoms with E-state index < -0.39 is 0 Å². The fraction of sp³-hybridized carbons (Fsp3) is 0.533. The SMILES string of the molecule is Cl.O=C(NCCc1cc(Cl)c2c(c1)OCCO2)C1CCCN1. The van der Waals surface area contributed by atoms with Gasteiger partial charge in [0.05, 0.1) is 11.1 Å². The van der Waals surface area contributed by atoms with E-state index in [1.807, 2.05) is 12.1 Å². The minimum atomic E-state index is -0.0335. The summed E-state index contributed by atoms with van der Waals surface area (Å²) in [5.41, 5.74) is 1.03. The van der Waals surface area contributed by atoms with Crippen LogP contribution in [-0.4, -0.2) is 38.3 Å². The molecule has 0 radical (unpaired) electrons. The number of amides is 1. The van der Waals surface area contributed by atoms with Gasteiger partial charge in [0.25, 0.3) is 0 Å². The molecule has 1 unspecified atom stereocenters. The highest BCUT2D eigenvalue weighted by atomic mass is 35.5. The molecule has 3 rings (SSSR count). The highest BCUT2D eigenvalue weighted by molar-refractivity contribution is 6.32. The van der Waals surface area contributed by atoms with Crippen LogP contribution in [0.4, 0.5) is 0 Å². The summed E-state index contributed by atoms with van der Waals surface area (Å²) >= 11 is 6.19. The lowest BCUT2D eigenvalue weighted by molar-refractivity contribution is -0.122. The van der Waals surface area contributed by atoms with Crippen molar-refractivity contribution in [3.63, 3.8) is 0 Å². The molecule has 7 heteroatoms. The van der Waals surface area contributed by atoms with E-state index in [2.05, 4.69) is 10.6 Å². The Balaban J connectivity index is 0.00000176. The molecule has 1 aromatic rings. The monoisotopic (exact) mass is 346 g/mol. The first-order valence-corrected chi connectivity index (χ1v) is 7.71. The molecule has 2 aliphatic rings. The fourth-order valence-electron chi connectivity index (χ4n) is 2.67. The number of halogens is 2. The van der Waals surface area contributed by atoms with Crippen molar-refractivity contribution in [2.24, 2.45) is 0 Å². The van der Waals surface area contributed by atoms with Gasteiger partial charge in [0, 0.05) is 6.54 Å². The van der Waals surface area contributed by atoms with Crippen molar-refractivity contribution in [2.75, 3.05) is 26.3 Å². The van der Waals surface area contributed by atoms with Gasteiger partial charge in [-0.25, -0.2) is 0 Å². The zero-order valence-corrected chi connectivity index (χ0v) is 13.8. The van der Waals surface area contributed by atoms with Crippen molar-refractivity contribution in [3.8, 4) is 11.5 Å². The van der Waals surface area contributed by atoms with Gasteiger partial charge in [-0.3, -0.25) is 4.79 Å². The Morgan fingerprint density at radius 1 is 1.36 bits per heavy atom. The molecule has 0 aromatic heterocycles. The van der Waals surface area contributed by atoms with Crippen LogP contribution in [0.25, 0.3) is 0 Å². The van der Waals surface area contributed by atoms with Gasteiger partial charge in [0.15, 0.2) is 11.5 Å². The van der Waals surface area contributed by atoms with Crippen LogP contribution in [0.2, 0.25) is 5.02 Å². The second-order valence-electron chi connectivity index (χ2n) is 5.29. The minimum Gasteiger partial charge on any atom is -0.486 e. The van der Waals surface area contributed by atoms with E-state index in [-0.39, 0.29) is 24.4 Å². The molecule has 5 nitrogen and oxygen atoms in total. The molecule has 0 saturated carbocycles. The third-order valence-electron chi connectivity index (χ3n) is 3.75. The first-order chi connectivity index (χ1) is 10.2. The molecular weight excluding hydrogens is 327 g/mol. The van der Waals surface area contributed by atoms with Crippen LogP contribution < -0.4 is 20.1 Å². The van der Waals surface area contributed by atoms with Gasteiger partial charge in [-0.15, -0.1) is 12.4 Å². The summed E-state index contributed by atoms with van der Waals surface area (Å²) in [4.78, 5) is 11.9. The predicted octanol–water partition coefficient (Wildman–Crippen LogP) is 1.94. The molecule has 1 saturated heterocycles. The Bertz CT molecular complexity index is 534. The van der Waals surface area contributed by atoms with Crippen molar-refractivity contribution >= 4 is 29.9 Å². The molecule has 0 aliphatic carbocycles. The molecule has 1 fully saturated rings. The maximum absolute atomic E-state index is 11.9. The van der Waals surface area contributed by atoms with Crippen molar-refractivity contribution < 1.29 is 14.3 Å². The number of fused-ring (bicyclic) bond motifs is 1. The maximum atomic E-state index is 11.9. The average Bonchev–Trinajstić information content (AvgIpc) is 3.01. The van der Waals surface area contributed by atoms with Crippen molar-refractivity contribution in [1.82, 2.24) is 10.6 Å². The summed E-state index contributed by atoms with van der Waals surface area (Å²) in [6.07, 6.45) is 2.70. The fourth-order valence-corrected chi connectivity index (χ4v) is 2.96. The van der Waals surface area contributed by atoms with Gasteiger partial charge in [0.2, 0.25) is 5.91 Å². The number of hydrogen-bond acceptors (Lipinski definition) is 4. The number of carbonyl (C=O) groups is 1.